The van der Waals surface area contributed by atoms with Gasteiger partial charge in [0.2, 0.25) is 0 Å². The van der Waals surface area contributed by atoms with Crippen LogP contribution in [0.5, 0.6) is 0 Å². The molecule has 5 heteroatoms. The zero-order chi connectivity index (χ0) is 10.7. The van der Waals surface area contributed by atoms with E-state index in [1.165, 1.54) is 0 Å². The minimum absolute atomic E-state index is 0.210. The van der Waals surface area contributed by atoms with Crippen LogP contribution < -0.4 is 11.1 Å². The van der Waals surface area contributed by atoms with E-state index in [9.17, 15) is 0 Å². The van der Waals surface area contributed by atoms with Gasteiger partial charge in [0, 0.05) is 25.0 Å². The Morgan fingerprint density at radius 2 is 2.40 bits per heavy atom. The van der Waals surface area contributed by atoms with Crippen molar-refractivity contribution < 1.29 is 0 Å². The fourth-order valence-corrected chi connectivity index (χ4v) is 1.41. The lowest BCUT2D eigenvalue weighted by Gasteiger charge is -2.08. The molecule has 5 nitrogen and oxygen atoms in total. The molecule has 0 saturated carbocycles. The van der Waals surface area contributed by atoms with Crippen molar-refractivity contribution in [3.8, 4) is 0 Å². The van der Waals surface area contributed by atoms with Gasteiger partial charge in [0.1, 0.15) is 5.52 Å². The smallest absolute Gasteiger partial charge is 0.152 e. The Balaban J connectivity index is 2.10. The molecule has 0 saturated heterocycles. The van der Waals surface area contributed by atoms with E-state index in [0.717, 1.165) is 24.3 Å². The van der Waals surface area contributed by atoms with Gasteiger partial charge in [-0.3, -0.25) is 0 Å². The number of hydrogen-bond donors (Lipinski definition) is 2. The zero-order valence-electron chi connectivity index (χ0n) is 8.72. The van der Waals surface area contributed by atoms with Gasteiger partial charge in [-0.15, -0.1) is 0 Å². The van der Waals surface area contributed by atoms with E-state index < -0.39 is 0 Å². The molecule has 3 N–H and O–H groups in total. The lowest BCUT2D eigenvalue weighted by Crippen LogP contribution is -2.19. The summed E-state index contributed by atoms with van der Waals surface area (Å²) in [6, 6.07) is 2.14. The first-order chi connectivity index (χ1) is 7.27. The van der Waals surface area contributed by atoms with Gasteiger partial charge in [0.25, 0.3) is 0 Å². The minimum atomic E-state index is 0.210. The number of nitrogens with two attached hydrogens (primary N) is 1. The third-order valence-electron chi connectivity index (χ3n) is 2.22. The fourth-order valence-electron chi connectivity index (χ4n) is 1.41. The summed E-state index contributed by atoms with van der Waals surface area (Å²) in [6.45, 7) is 2.82. The first-order valence-corrected chi connectivity index (χ1v) is 5.05. The number of nitrogens with zero attached hydrogens (tertiary/aromatic N) is 3. The van der Waals surface area contributed by atoms with Crippen LogP contribution in [0.25, 0.3) is 5.52 Å². The highest BCUT2D eigenvalue weighted by molar-refractivity contribution is 5.66. The summed E-state index contributed by atoms with van der Waals surface area (Å²) >= 11 is 0. The standard InChI is InChI=1S/C10H15N5/c1-8(11)2-4-12-10-9-3-5-14-15(9)7-6-13-10/h3,5-8H,2,4,11H2,1H3,(H,12,13). The third-order valence-corrected chi connectivity index (χ3v) is 2.22. The molecule has 0 aliphatic carbocycles. The van der Waals surface area contributed by atoms with Gasteiger partial charge in [0.15, 0.2) is 5.82 Å². The molecule has 0 spiro atoms. The molecule has 0 aliphatic rings. The maximum absolute atomic E-state index is 5.67. The van der Waals surface area contributed by atoms with Crippen LogP contribution in [0.4, 0.5) is 5.82 Å². The second kappa shape index (κ2) is 4.27. The molecule has 0 bridgehead atoms. The molecule has 2 rings (SSSR count). The summed E-state index contributed by atoms with van der Waals surface area (Å²) in [4.78, 5) is 4.26. The molecule has 0 aromatic carbocycles. The topological polar surface area (TPSA) is 68.2 Å². The number of aromatic nitrogens is 3. The molecule has 2 aromatic rings. The normalized spacial score (nSPS) is 12.9. The Bertz CT molecular complexity index is 434. The quantitative estimate of drug-likeness (QED) is 0.777. The molecular weight excluding hydrogens is 190 g/mol. The van der Waals surface area contributed by atoms with Gasteiger partial charge < -0.3 is 11.1 Å². The number of fused-ring (bicyclic) bond motifs is 1. The molecule has 0 amide bonds. The first kappa shape index (κ1) is 9.92. The molecule has 0 radical (unpaired) electrons. The van der Waals surface area contributed by atoms with E-state index in [2.05, 4.69) is 15.4 Å². The number of nitrogens with one attached hydrogen (secondary N) is 1. The lowest BCUT2D eigenvalue weighted by molar-refractivity contribution is 0.689. The highest BCUT2D eigenvalue weighted by Gasteiger charge is 2.02. The second-order valence-electron chi connectivity index (χ2n) is 3.63. The monoisotopic (exact) mass is 205 g/mol. The molecule has 1 unspecified atom stereocenters. The molecule has 2 heterocycles. The SMILES string of the molecule is CC(N)CCNc1nccn2nccc12. The Morgan fingerprint density at radius 3 is 3.20 bits per heavy atom. The fraction of sp³-hybridized carbons (Fsp3) is 0.400. The van der Waals surface area contributed by atoms with Gasteiger partial charge in [-0.2, -0.15) is 5.10 Å². The summed E-state index contributed by atoms with van der Waals surface area (Å²) in [7, 11) is 0. The maximum atomic E-state index is 5.67. The van der Waals surface area contributed by atoms with Gasteiger partial charge in [-0.25, -0.2) is 9.50 Å². The van der Waals surface area contributed by atoms with Crippen molar-refractivity contribution in [2.45, 2.75) is 19.4 Å². The van der Waals surface area contributed by atoms with Crippen molar-refractivity contribution in [3.05, 3.63) is 24.7 Å². The molecular formula is C10H15N5. The highest BCUT2D eigenvalue weighted by Crippen LogP contribution is 2.11. The molecule has 80 valence electrons. The van der Waals surface area contributed by atoms with Crippen LogP contribution in [0, 0.1) is 0 Å². The van der Waals surface area contributed by atoms with Crippen molar-refractivity contribution >= 4 is 11.3 Å². The minimum Gasteiger partial charge on any atom is -0.368 e. The van der Waals surface area contributed by atoms with E-state index in [1.54, 1.807) is 16.9 Å². The van der Waals surface area contributed by atoms with Crippen LogP contribution in [0.2, 0.25) is 0 Å². The molecule has 1 atom stereocenters. The summed E-state index contributed by atoms with van der Waals surface area (Å²) in [6.07, 6.45) is 6.24. The molecule has 0 aliphatic heterocycles. The van der Waals surface area contributed by atoms with E-state index >= 15 is 0 Å². The largest absolute Gasteiger partial charge is 0.368 e. The van der Waals surface area contributed by atoms with Gasteiger partial charge in [-0.05, 0) is 19.4 Å². The average molecular weight is 205 g/mol. The maximum Gasteiger partial charge on any atom is 0.152 e. The number of anilines is 1. The summed E-state index contributed by atoms with van der Waals surface area (Å²) < 4.78 is 1.79. The molecule has 2 aromatic heterocycles. The summed E-state index contributed by atoms with van der Waals surface area (Å²) in [5, 5.41) is 7.39. The van der Waals surface area contributed by atoms with E-state index in [1.807, 2.05) is 19.2 Å². The van der Waals surface area contributed by atoms with Crippen molar-refractivity contribution in [3.63, 3.8) is 0 Å². The lowest BCUT2D eigenvalue weighted by atomic mass is 10.2. The predicted octanol–water partition coefficient (Wildman–Crippen LogP) is 0.878. The van der Waals surface area contributed by atoms with Crippen LogP contribution in [-0.2, 0) is 0 Å². The van der Waals surface area contributed by atoms with Crippen molar-refractivity contribution in [2.75, 3.05) is 11.9 Å². The Kier molecular flexibility index (Phi) is 2.82. The number of hydrogen-bond acceptors (Lipinski definition) is 4. The molecule has 0 fully saturated rings. The number of rotatable bonds is 4. The summed E-state index contributed by atoms with van der Waals surface area (Å²) in [5.74, 6) is 0.857. The van der Waals surface area contributed by atoms with E-state index in [-0.39, 0.29) is 6.04 Å². The Morgan fingerprint density at radius 1 is 1.53 bits per heavy atom. The van der Waals surface area contributed by atoms with E-state index in [4.69, 9.17) is 5.73 Å². The van der Waals surface area contributed by atoms with Crippen molar-refractivity contribution in [2.24, 2.45) is 5.73 Å². The van der Waals surface area contributed by atoms with Crippen LogP contribution in [0.15, 0.2) is 24.7 Å². The van der Waals surface area contributed by atoms with Crippen LogP contribution in [-0.4, -0.2) is 27.2 Å². The Hall–Kier alpha value is -1.62. The van der Waals surface area contributed by atoms with Gasteiger partial charge in [-0.1, -0.05) is 0 Å². The van der Waals surface area contributed by atoms with Gasteiger partial charge in [0.05, 0.1) is 6.20 Å². The van der Waals surface area contributed by atoms with Crippen LogP contribution in [0.1, 0.15) is 13.3 Å². The van der Waals surface area contributed by atoms with Crippen molar-refractivity contribution in [1.82, 2.24) is 14.6 Å². The third kappa shape index (κ3) is 2.24. The molecule has 15 heavy (non-hydrogen) atoms. The zero-order valence-corrected chi connectivity index (χ0v) is 8.72. The van der Waals surface area contributed by atoms with Crippen molar-refractivity contribution in [1.29, 1.82) is 0 Å². The highest BCUT2D eigenvalue weighted by atomic mass is 15.2. The summed E-state index contributed by atoms with van der Waals surface area (Å²) in [5.41, 5.74) is 6.66. The Labute approximate surface area is 88.3 Å². The first-order valence-electron chi connectivity index (χ1n) is 5.05. The van der Waals surface area contributed by atoms with E-state index in [0.29, 0.717) is 0 Å². The second-order valence-corrected chi connectivity index (χ2v) is 3.63. The average Bonchev–Trinajstić information content (AvgIpc) is 2.65. The van der Waals surface area contributed by atoms with Gasteiger partial charge >= 0.3 is 0 Å². The van der Waals surface area contributed by atoms with Crippen LogP contribution in [0.3, 0.4) is 0 Å². The predicted molar refractivity (Wildman–Crippen MR) is 59.7 cm³/mol. The van der Waals surface area contributed by atoms with Crippen LogP contribution >= 0.6 is 0 Å².